The predicted molar refractivity (Wildman–Crippen MR) is 128 cm³/mol. The lowest BCUT2D eigenvalue weighted by Gasteiger charge is -2.32. The summed E-state index contributed by atoms with van der Waals surface area (Å²) in [6, 6.07) is 5.22. The Morgan fingerprint density at radius 2 is 1.82 bits per heavy atom. The number of hydrogen-bond acceptors (Lipinski definition) is 5. The number of rotatable bonds is 6. The van der Waals surface area contributed by atoms with Crippen LogP contribution in [0.25, 0.3) is 0 Å². The first-order valence-electron chi connectivity index (χ1n) is 12.7. The van der Waals surface area contributed by atoms with Gasteiger partial charge in [0, 0.05) is 49.8 Å². The molecule has 2 unspecified atom stereocenters. The van der Waals surface area contributed by atoms with Gasteiger partial charge in [0.25, 0.3) is 0 Å². The number of fused-ring (bicyclic) bond motifs is 1. The monoisotopic (exact) mass is 489 g/mol. The zero-order valence-corrected chi connectivity index (χ0v) is 20.7. The maximum absolute atomic E-state index is 13.4. The lowest BCUT2D eigenvalue weighted by atomic mass is 9.84. The minimum atomic E-state index is -3.64. The van der Waals surface area contributed by atoms with Crippen LogP contribution in [0.1, 0.15) is 57.4 Å². The lowest BCUT2D eigenvalue weighted by Crippen LogP contribution is -2.44. The molecule has 0 bridgehead atoms. The molecular weight excluding hydrogens is 454 g/mol. The summed E-state index contributed by atoms with van der Waals surface area (Å²) in [5.41, 5.74) is 1.77. The number of piperidine rings is 1. The maximum atomic E-state index is 13.4. The second-order valence-electron chi connectivity index (χ2n) is 10.2. The van der Waals surface area contributed by atoms with Crippen LogP contribution < -0.4 is 10.2 Å². The van der Waals surface area contributed by atoms with Gasteiger partial charge in [0.1, 0.15) is 0 Å². The van der Waals surface area contributed by atoms with E-state index in [2.05, 4.69) is 5.32 Å². The SMILES string of the molecule is CC1Cc2cc(S(=O)(=O)N3CCC(C(=O)NCC4CCCO4)CC3)ccc2N1C(=O)C1CCC1. The second kappa shape index (κ2) is 9.59. The van der Waals surface area contributed by atoms with Gasteiger partial charge >= 0.3 is 0 Å². The number of nitrogens with zero attached hydrogens (tertiary/aromatic N) is 2. The molecule has 0 radical (unpaired) electrons. The molecule has 1 aromatic carbocycles. The Hall–Kier alpha value is -1.97. The average molecular weight is 490 g/mol. The van der Waals surface area contributed by atoms with Gasteiger partial charge in [0.15, 0.2) is 0 Å². The van der Waals surface area contributed by atoms with Crippen molar-refractivity contribution in [3.05, 3.63) is 23.8 Å². The van der Waals surface area contributed by atoms with E-state index in [9.17, 15) is 18.0 Å². The molecule has 4 aliphatic rings. The van der Waals surface area contributed by atoms with Gasteiger partial charge in [-0.2, -0.15) is 4.31 Å². The first-order valence-corrected chi connectivity index (χ1v) is 14.1. The van der Waals surface area contributed by atoms with Crippen molar-refractivity contribution in [2.24, 2.45) is 11.8 Å². The lowest BCUT2D eigenvalue weighted by molar-refractivity contribution is -0.126. The van der Waals surface area contributed by atoms with Crippen LogP contribution in [0.4, 0.5) is 5.69 Å². The van der Waals surface area contributed by atoms with E-state index in [0.29, 0.717) is 38.9 Å². The van der Waals surface area contributed by atoms with E-state index in [1.54, 1.807) is 18.2 Å². The molecule has 2 saturated heterocycles. The predicted octanol–water partition coefficient (Wildman–Crippen LogP) is 2.46. The Balaban J connectivity index is 1.21. The highest BCUT2D eigenvalue weighted by Crippen LogP contribution is 2.38. The van der Waals surface area contributed by atoms with Crippen molar-refractivity contribution < 1.29 is 22.7 Å². The van der Waals surface area contributed by atoms with Crippen molar-refractivity contribution in [1.82, 2.24) is 9.62 Å². The topological polar surface area (TPSA) is 96.0 Å². The van der Waals surface area contributed by atoms with E-state index in [1.807, 2.05) is 11.8 Å². The van der Waals surface area contributed by atoms with Gasteiger partial charge in [-0.3, -0.25) is 9.59 Å². The van der Waals surface area contributed by atoms with Crippen LogP contribution >= 0.6 is 0 Å². The zero-order valence-electron chi connectivity index (χ0n) is 19.9. The Kier molecular flexibility index (Phi) is 6.70. The van der Waals surface area contributed by atoms with Crippen LogP contribution in [0.15, 0.2) is 23.1 Å². The van der Waals surface area contributed by atoms with Gasteiger partial charge in [-0.1, -0.05) is 6.42 Å². The van der Waals surface area contributed by atoms with E-state index >= 15 is 0 Å². The highest BCUT2D eigenvalue weighted by Gasteiger charge is 2.38. The number of benzene rings is 1. The summed E-state index contributed by atoms with van der Waals surface area (Å²) in [5.74, 6) is 0.115. The minimum absolute atomic E-state index is 0.00436. The number of hydrogen-bond donors (Lipinski definition) is 1. The highest BCUT2D eigenvalue weighted by molar-refractivity contribution is 7.89. The molecule has 1 N–H and O–H groups in total. The molecule has 2 atom stereocenters. The van der Waals surface area contributed by atoms with Crippen LogP contribution in [-0.2, 0) is 30.8 Å². The first kappa shape index (κ1) is 23.8. The Bertz CT molecular complexity index is 1040. The van der Waals surface area contributed by atoms with E-state index in [4.69, 9.17) is 4.74 Å². The summed E-state index contributed by atoms with van der Waals surface area (Å²) in [7, 11) is -3.64. The van der Waals surface area contributed by atoms with Crippen molar-refractivity contribution in [2.75, 3.05) is 31.1 Å². The van der Waals surface area contributed by atoms with Crippen LogP contribution in [0, 0.1) is 11.8 Å². The van der Waals surface area contributed by atoms with Gasteiger partial charge in [-0.25, -0.2) is 8.42 Å². The number of ether oxygens (including phenoxy) is 1. The fraction of sp³-hybridized carbons (Fsp3) is 0.680. The standard InChI is InChI=1S/C25H35N3O5S/c1-17-14-20-15-22(7-8-23(20)28(17)25(30)19-4-2-5-19)34(31,32)27-11-9-18(10-12-27)24(29)26-16-21-6-3-13-33-21/h7-8,15,17-19,21H,2-6,9-14,16H2,1H3,(H,26,29). The number of nitrogens with one attached hydrogen (secondary N) is 1. The smallest absolute Gasteiger partial charge is 0.243 e. The zero-order chi connectivity index (χ0) is 23.9. The van der Waals surface area contributed by atoms with E-state index < -0.39 is 10.0 Å². The molecule has 1 saturated carbocycles. The van der Waals surface area contributed by atoms with Crippen molar-refractivity contribution in [3.8, 4) is 0 Å². The van der Waals surface area contributed by atoms with E-state index in [0.717, 1.165) is 50.0 Å². The average Bonchev–Trinajstić information content (AvgIpc) is 3.42. The number of carbonyl (C=O) groups is 2. The molecule has 3 heterocycles. The fourth-order valence-corrected chi connectivity index (χ4v) is 7.15. The number of sulfonamides is 1. The summed E-state index contributed by atoms with van der Waals surface area (Å²) in [6.07, 6.45) is 6.82. The van der Waals surface area contributed by atoms with Crippen molar-refractivity contribution in [1.29, 1.82) is 0 Å². The molecule has 186 valence electrons. The first-order chi connectivity index (χ1) is 16.3. The van der Waals surface area contributed by atoms with Gasteiger partial charge in [-0.05, 0) is 75.6 Å². The van der Waals surface area contributed by atoms with Gasteiger partial charge < -0.3 is 15.0 Å². The number of carbonyl (C=O) groups excluding carboxylic acids is 2. The fourth-order valence-electron chi connectivity index (χ4n) is 5.63. The van der Waals surface area contributed by atoms with Crippen LogP contribution in [0.5, 0.6) is 0 Å². The third kappa shape index (κ3) is 4.50. The molecule has 8 nitrogen and oxygen atoms in total. The molecule has 9 heteroatoms. The van der Waals surface area contributed by atoms with Crippen LogP contribution in [0.3, 0.4) is 0 Å². The normalized spacial score (nSPS) is 26.3. The second-order valence-corrected chi connectivity index (χ2v) is 12.2. The molecule has 0 spiro atoms. The number of anilines is 1. The van der Waals surface area contributed by atoms with Gasteiger partial charge in [-0.15, -0.1) is 0 Å². The largest absolute Gasteiger partial charge is 0.376 e. The third-order valence-corrected chi connectivity index (χ3v) is 9.84. The molecule has 1 aromatic rings. The summed E-state index contributed by atoms with van der Waals surface area (Å²) in [6.45, 7) is 3.98. The Labute approximate surface area is 202 Å². The summed E-state index contributed by atoms with van der Waals surface area (Å²) >= 11 is 0. The molecular formula is C25H35N3O5S. The molecule has 3 fully saturated rings. The molecule has 2 amide bonds. The summed E-state index contributed by atoms with van der Waals surface area (Å²) in [4.78, 5) is 27.6. The minimum Gasteiger partial charge on any atom is -0.376 e. The van der Waals surface area contributed by atoms with Gasteiger partial charge in [0.05, 0.1) is 11.0 Å². The van der Waals surface area contributed by atoms with Crippen molar-refractivity contribution in [2.45, 2.75) is 75.3 Å². The molecule has 1 aliphatic carbocycles. The molecule has 5 rings (SSSR count). The van der Waals surface area contributed by atoms with Gasteiger partial charge in [0.2, 0.25) is 21.8 Å². The Morgan fingerprint density at radius 1 is 1.06 bits per heavy atom. The molecule has 3 aliphatic heterocycles. The van der Waals surface area contributed by atoms with Crippen LogP contribution in [0.2, 0.25) is 0 Å². The quantitative estimate of drug-likeness (QED) is 0.662. The number of amides is 2. The Morgan fingerprint density at radius 3 is 2.47 bits per heavy atom. The van der Waals surface area contributed by atoms with E-state index in [1.165, 1.54) is 4.31 Å². The third-order valence-electron chi connectivity index (χ3n) is 7.95. The van der Waals surface area contributed by atoms with E-state index in [-0.39, 0.29) is 40.7 Å². The van der Waals surface area contributed by atoms with Crippen molar-refractivity contribution in [3.63, 3.8) is 0 Å². The molecule has 0 aromatic heterocycles. The van der Waals surface area contributed by atoms with Crippen LogP contribution in [-0.4, -0.2) is 62.9 Å². The molecule has 34 heavy (non-hydrogen) atoms. The maximum Gasteiger partial charge on any atom is 0.243 e. The highest BCUT2D eigenvalue weighted by atomic mass is 32.2. The summed E-state index contributed by atoms with van der Waals surface area (Å²) < 4.78 is 33.8. The summed E-state index contributed by atoms with van der Waals surface area (Å²) in [5, 5.41) is 2.98. The van der Waals surface area contributed by atoms with Crippen molar-refractivity contribution >= 4 is 27.5 Å².